The van der Waals surface area contributed by atoms with Gasteiger partial charge in [0.15, 0.2) is 5.96 Å². The molecule has 0 aliphatic carbocycles. The van der Waals surface area contributed by atoms with Gasteiger partial charge in [-0.25, -0.2) is 0 Å². The number of hydrogen-bond acceptors (Lipinski definition) is 3. The van der Waals surface area contributed by atoms with Crippen LogP contribution in [0, 0.1) is 0 Å². The summed E-state index contributed by atoms with van der Waals surface area (Å²) in [6, 6.07) is 8.26. The lowest BCUT2D eigenvalue weighted by Crippen LogP contribution is -2.38. The molecule has 0 radical (unpaired) electrons. The zero-order chi connectivity index (χ0) is 14.2. The molecule has 0 aromatic heterocycles. The molecule has 1 heterocycles. The monoisotopic (exact) mass is 404 g/mol. The Bertz CT molecular complexity index is 430. The lowest BCUT2D eigenvalue weighted by Gasteiger charge is -2.25. The van der Waals surface area contributed by atoms with E-state index in [0.717, 1.165) is 45.0 Å². The second-order valence-corrected chi connectivity index (χ2v) is 4.90. The lowest BCUT2D eigenvalue weighted by atomic mass is 10.1. The molecule has 0 saturated carbocycles. The number of morpholine rings is 1. The summed E-state index contributed by atoms with van der Waals surface area (Å²) in [4.78, 5) is 6.70. The highest BCUT2D eigenvalue weighted by Crippen LogP contribution is 2.09. The number of anilines is 1. The van der Waals surface area contributed by atoms with E-state index < -0.39 is 0 Å². The maximum Gasteiger partial charge on any atom is 0.193 e. The van der Waals surface area contributed by atoms with Crippen LogP contribution in [0.3, 0.4) is 0 Å². The van der Waals surface area contributed by atoms with Crippen molar-refractivity contribution in [2.75, 3.05) is 44.7 Å². The van der Waals surface area contributed by atoms with E-state index >= 15 is 0 Å². The highest BCUT2D eigenvalue weighted by atomic mass is 127. The molecule has 0 bridgehead atoms. The zero-order valence-electron chi connectivity index (χ0n) is 12.5. The van der Waals surface area contributed by atoms with Gasteiger partial charge in [-0.05, 0) is 24.1 Å². The average molecular weight is 404 g/mol. The van der Waals surface area contributed by atoms with Gasteiger partial charge in [-0.15, -0.1) is 24.0 Å². The van der Waals surface area contributed by atoms with Gasteiger partial charge in [0.05, 0.1) is 19.8 Å². The summed E-state index contributed by atoms with van der Waals surface area (Å²) in [7, 11) is 0. The number of nitrogens with zero attached hydrogens (tertiary/aromatic N) is 2. The summed E-state index contributed by atoms with van der Waals surface area (Å²) in [5.41, 5.74) is 8.19. The number of benzene rings is 1. The van der Waals surface area contributed by atoms with Crippen molar-refractivity contribution >= 4 is 35.6 Å². The summed E-state index contributed by atoms with van der Waals surface area (Å²) in [6.45, 7) is 7.40. The van der Waals surface area contributed by atoms with Crippen molar-refractivity contribution in [3.05, 3.63) is 29.8 Å². The number of halogens is 1. The minimum atomic E-state index is 0. The molecule has 118 valence electrons. The predicted molar refractivity (Wildman–Crippen MR) is 98.6 cm³/mol. The van der Waals surface area contributed by atoms with Crippen LogP contribution >= 0.6 is 24.0 Å². The van der Waals surface area contributed by atoms with E-state index in [4.69, 9.17) is 10.5 Å². The quantitative estimate of drug-likeness (QED) is 0.447. The van der Waals surface area contributed by atoms with E-state index in [1.54, 1.807) is 0 Å². The second-order valence-electron chi connectivity index (χ2n) is 4.90. The molecule has 21 heavy (non-hydrogen) atoms. The Morgan fingerprint density at radius 3 is 2.57 bits per heavy atom. The molecule has 6 heteroatoms. The molecule has 1 aromatic rings. The molecule has 5 nitrogen and oxygen atoms in total. The van der Waals surface area contributed by atoms with Crippen molar-refractivity contribution in [2.45, 2.75) is 13.3 Å². The lowest BCUT2D eigenvalue weighted by molar-refractivity contribution is 0.0394. The summed E-state index contributed by atoms with van der Waals surface area (Å²) in [6.07, 6.45) is 1.05. The predicted octanol–water partition coefficient (Wildman–Crippen LogP) is 1.93. The van der Waals surface area contributed by atoms with E-state index in [1.165, 1.54) is 5.56 Å². The van der Waals surface area contributed by atoms with Crippen LogP contribution in [0.1, 0.15) is 12.5 Å². The molecule has 0 atom stereocenters. The largest absolute Gasteiger partial charge is 0.379 e. The third kappa shape index (κ3) is 6.62. The van der Waals surface area contributed by atoms with Crippen LogP contribution in [-0.4, -0.2) is 50.3 Å². The molecule has 0 unspecified atom stereocenters. The van der Waals surface area contributed by atoms with Crippen LogP contribution in [0.2, 0.25) is 0 Å². The van der Waals surface area contributed by atoms with Crippen LogP contribution in [-0.2, 0) is 11.2 Å². The Balaban J connectivity index is 0.00000220. The van der Waals surface area contributed by atoms with Crippen LogP contribution < -0.4 is 11.1 Å². The molecular weight excluding hydrogens is 379 g/mol. The van der Waals surface area contributed by atoms with E-state index in [9.17, 15) is 0 Å². The first kappa shape index (κ1) is 18.2. The minimum Gasteiger partial charge on any atom is -0.379 e. The molecule has 0 spiro atoms. The van der Waals surface area contributed by atoms with Crippen LogP contribution in [0.4, 0.5) is 5.69 Å². The van der Waals surface area contributed by atoms with Crippen molar-refractivity contribution < 1.29 is 4.74 Å². The topological polar surface area (TPSA) is 62.9 Å². The Labute approximate surface area is 144 Å². The normalized spacial score (nSPS) is 16.3. The van der Waals surface area contributed by atoms with E-state index in [0.29, 0.717) is 12.5 Å². The third-order valence-corrected chi connectivity index (χ3v) is 3.44. The van der Waals surface area contributed by atoms with Crippen LogP contribution in [0.25, 0.3) is 0 Å². The maximum atomic E-state index is 5.89. The second kappa shape index (κ2) is 9.97. The molecule has 2 rings (SSSR count). The molecular formula is C15H25IN4O. The number of nitrogens with two attached hydrogens (primary N) is 1. The van der Waals surface area contributed by atoms with Crippen molar-refractivity contribution in [1.29, 1.82) is 0 Å². The van der Waals surface area contributed by atoms with Gasteiger partial charge in [-0.3, -0.25) is 9.89 Å². The van der Waals surface area contributed by atoms with Crippen molar-refractivity contribution in [3.8, 4) is 0 Å². The van der Waals surface area contributed by atoms with Gasteiger partial charge < -0.3 is 15.8 Å². The Morgan fingerprint density at radius 2 is 1.95 bits per heavy atom. The highest BCUT2D eigenvalue weighted by molar-refractivity contribution is 14.0. The zero-order valence-corrected chi connectivity index (χ0v) is 14.9. The first-order valence-electron chi connectivity index (χ1n) is 7.24. The van der Waals surface area contributed by atoms with Crippen LogP contribution in [0.15, 0.2) is 29.3 Å². The Kier molecular flexibility index (Phi) is 8.63. The number of ether oxygens (including phenoxy) is 1. The number of aliphatic imine (C=N–C) groups is 1. The molecule has 0 amide bonds. The summed E-state index contributed by atoms with van der Waals surface area (Å²) >= 11 is 0. The fourth-order valence-electron chi connectivity index (χ4n) is 2.15. The average Bonchev–Trinajstić information content (AvgIpc) is 2.49. The van der Waals surface area contributed by atoms with Gasteiger partial charge >= 0.3 is 0 Å². The van der Waals surface area contributed by atoms with E-state index in [-0.39, 0.29) is 24.0 Å². The fraction of sp³-hybridized carbons (Fsp3) is 0.533. The summed E-state index contributed by atoms with van der Waals surface area (Å²) in [5.74, 6) is 0.475. The highest BCUT2D eigenvalue weighted by Gasteiger charge is 2.08. The van der Waals surface area contributed by atoms with Gasteiger partial charge in [0, 0.05) is 25.3 Å². The van der Waals surface area contributed by atoms with Gasteiger partial charge in [-0.2, -0.15) is 0 Å². The van der Waals surface area contributed by atoms with Crippen molar-refractivity contribution in [3.63, 3.8) is 0 Å². The van der Waals surface area contributed by atoms with Gasteiger partial charge in [-0.1, -0.05) is 19.1 Å². The van der Waals surface area contributed by atoms with E-state index in [2.05, 4.69) is 34.3 Å². The molecule has 1 saturated heterocycles. The summed E-state index contributed by atoms with van der Waals surface area (Å²) in [5, 5.41) is 3.12. The first-order chi connectivity index (χ1) is 9.78. The fourth-order valence-corrected chi connectivity index (χ4v) is 2.15. The first-order valence-corrected chi connectivity index (χ1v) is 7.24. The Hall–Kier alpha value is -0.860. The number of rotatable bonds is 5. The third-order valence-electron chi connectivity index (χ3n) is 3.44. The van der Waals surface area contributed by atoms with Crippen molar-refractivity contribution in [1.82, 2.24) is 4.90 Å². The van der Waals surface area contributed by atoms with Crippen LogP contribution in [0.5, 0.6) is 0 Å². The molecule has 3 N–H and O–H groups in total. The molecule has 1 aromatic carbocycles. The van der Waals surface area contributed by atoms with E-state index in [1.807, 2.05) is 12.1 Å². The number of guanidine groups is 1. The number of nitrogens with one attached hydrogen (secondary N) is 1. The minimum absolute atomic E-state index is 0. The maximum absolute atomic E-state index is 5.89. The number of aryl methyl sites for hydroxylation is 1. The standard InChI is InChI=1S/C15H24N4O.HI/c1-2-13-3-5-14(6-4-13)18-15(16)17-7-8-19-9-11-20-12-10-19;/h3-6H,2,7-12H2,1H3,(H3,16,17,18);1H. The van der Waals surface area contributed by atoms with Gasteiger partial charge in [0.1, 0.15) is 0 Å². The summed E-state index contributed by atoms with van der Waals surface area (Å²) < 4.78 is 5.31. The Morgan fingerprint density at radius 1 is 1.29 bits per heavy atom. The molecule has 1 fully saturated rings. The smallest absolute Gasteiger partial charge is 0.193 e. The molecule has 1 aliphatic heterocycles. The SMILES string of the molecule is CCc1ccc(NC(N)=NCCN2CCOCC2)cc1.I. The number of hydrogen-bond donors (Lipinski definition) is 2. The van der Waals surface area contributed by atoms with Gasteiger partial charge in [0.25, 0.3) is 0 Å². The van der Waals surface area contributed by atoms with Crippen molar-refractivity contribution in [2.24, 2.45) is 10.7 Å². The van der Waals surface area contributed by atoms with Gasteiger partial charge in [0.2, 0.25) is 0 Å². The molecule has 1 aliphatic rings.